The molecule has 1 aliphatic heterocycles. The van der Waals surface area contributed by atoms with E-state index in [1.165, 1.54) is 34.2 Å². The van der Waals surface area contributed by atoms with Crippen LogP contribution in [0.3, 0.4) is 0 Å². The van der Waals surface area contributed by atoms with Crippen LogP contribution in [0.15, 0.2) is 22.5 Å². The predicted octanol–water partition coefficient (Wildman–Crippen LogP) is 3.61. The summed E-state index contributed by atoms with van der Waals surface area (Å²) >= 11 is 2.95. The zero-order valence-electron chi connectivity index (χ0n) is 13.3. The first-order valence-electron chi connectivity index (χ1n) is 7.70. The first-order valence-corrected chi connectivity index (χ1v) is 9.50. The lowest BCUT2D eigenvalue weighted by Gasteiger charge is -2.13. The van der Waals surface area contributed by atoms with Crippen LogP contribution in [0.2, 0.25) is 0 Å². The first kappa shape index (κ1) is 16.3. The molecule has 0 unspecified atom stereocenters. The Balaban J connectivity index is 1.55. The van der Waals surface area contributed by atoms with E-state index in [9.17, 15) is 4.79 Å². The highest BCUT2D eigenvalue weighted by molar-refractivity contribution is 8.01. The van der Waals surface area contributed by atoms with Crippen molar-refractivity contribution in [2.45, 2.75) is 31.0 Å². The van der Waals surface area contributed by atoms with Crippen molar-refractivity contribution in [1.29, 1.82) is 0 Å². The maximum absolute atomic E-state index is 12.0. The SMILES string of the molecule is Cc1ccc(Nc2nnc(SCC(=O)N3CCCC3)s2)cc1C. The number of nitrogens with zero attached hydrogens (tertiary/aromatic N) is 3. The number of aryl methyl sites for hydroxylation is 2. The van der Waals surface area contributed by atoms with Crippen molar-refractivity contribution in [3.8, 4) is 0 Å². The van der Waals surface area contributed by atoms with Gasteiger partial charge in [0.1, 0.15) is 0 Å². The number of anilines is 2. The Morgan fingerprint density at radius 3 is 2.78 bits per heavy atom. The molecule has 0 bridgehead atoms. The second-order valence-electron chi connectivity index (χ2n) is 5.67. The number of amides is 1. The largest absolute Gasteiger partial charge is 0.342 e. The van der Waals surface area contributed by atoms with E-state index < -0.39 is 0 Å². The van der Waals surface area contributed by atoms with Crippen molar-refractivity contribution in [3.63, 3.8) is 0 Å². The molecule has 0 atom stereocenters. The second-order valence-corrected chi connectivity index (χ2v) is 7.87. The van der Waals surface area contributed by atoms with E-state index in [1.807, 2.05) is 11.0 Å². The molecule has 7 heteroatoms. The quantitative estimate of drug-likeness (QED) is 0.837. The van der Waals surface area contributed by atoms with Gasteiger partial charge in [-0.15, -0.1) is 10.2 Å². The van der Waals surface area contributed by atoms with Gasteiger partial charge in [-0.2, -0.15) is 0 Å². The van der Waals surface area contributed by atoms with E-state index in [-0.39, 0.29) is 5.91 Å². The highest BCUT2D eigenvalue weighted by Gasteiger charge is 2.18. The van der Waals surface area contributed by atoms with Gasteiger partial charge < -0.3 is 10.2 Å². The van der Waals surface area contributed by atoms with E-state index in [1.54, 1.807) is 0 Å². The van der Waals surface area contributed by atoms with E-state index in [4.69, 9.17) is 0 Å². The zero-order chi connectivity index (χ0) is 16.2. The number of hydrogen-bond acceptors (Lipinski definition) is 6. The van der Waals surface area contributed by atoms with Crippen molar-refractivity contribution in [1.82, 2.24) is 15.1 Å². The third kappa shape index (κ3) is 4.23. The third-order valence-electron chi connectivity index (χ3n) is 3.94. The van der Waals surface area contributed by atoms with Gasteiger partial charge in [-0.1, -0.05) is 29.2 Å². The molecule has 1 N–H and O–H groups in total. The molecule has 1 aromatic heterocycles. The summed E-state index contributed by atoms with van der Waals surface area (Å²) in [6.07, 6.45) is 2.25. The van der Waals surface area contributed by atoms with Gasteiger partial charge in [-0.05, 0) is 49.9 Å². The number of nitrogens with one attached hydrogen (secondary N) is 1. The minimum absolute atomic E-state index is 0.200. The highest BCUT2D eigenvalue weighted by atomic mass is 32.2. The van der Waals surface area contributed by atoms with Crippen LogP contribution in [-0.2, 0) is 4.79 Å². The smallest absolute Gasteiger partial charge is 0.233 e. The van der Waals surface area contributed by atoms with Crippen LogP contribution in [-0.4, -0.2) is 39.8 Å². The van der Waals surface area contributed by atoms with Gasteiger partial charge in [0.05, 0.1) is 5.75 Å². The molecule has 1 aromatic carbocycles. The maximum Gasteiger partial charge on any atom is 0.233 e. The van der Waals surface area contributed by atoms with Gasteiger partial charge in [-0.3, -0.25) is 4.79 Å². The molecule has 1 fully saturated rings. The van der Waals surface area contributed by atoms with Gasteiger partial charge in [0.25, 0.3) is 0 Å². The second kappa shape index (κ2) is 7.31. The summed E-state index contributed by atoms with van der Waals surface area (Å²) in [4.78, 5) is 14.0. The average molecular weight is 348 g/mol. The van der Waals surface area contributed by atoms with Gasteiger partial charge >= 0.3 is 0 Å². The standard InChI is InChI=1S/C16H20N4OS2/c1-11-5-6-13(9-12(11)2)17-15-18-19-16(23-15)22-10-14(21)20-7-3-4-8-20/h5-6,9H,3-4,7-8,10H2,1-2H3,(H,17,18). The fourth-order valence-corrected chi connectivity index (χ4v) is 4.12. The molecular formula is C16H20N4OS2. The predicted molar refractivity (Wildman–Crippen MR) is 95.6 cm³/mol. The van der Waals surface area contributed by atoms with Crippen LogP contribution >= 0.6 is 23.1 Å². The zero-order valence-corrected chi connectivity index (χ0v) is 15.0. The fourth-order valence-electron chi connectivity index (χ4n) is 2.44. The Bertz CT molecular complexity index is 695. The summed E-state index contributed by atoms with van der Waals surface area (Å²) in [5.74, 6) is 0.643. The molecular weight excluding hydrogens is 328 g/mol. The number of carbonyl (C=O) groups excluding carboxylic acids is 1. The Morgan fingerprint density at radius 2 is 2.04 bits per heavy atom. The average Bonchev–Trinajstić information content (AvgIpc) is 3.20. The van der Waals surface area contributed by atoms with Crippen molar-refractivity contribution < 1.29 is 4.79 Å². The van der Waals surface area contributed by atoms with Gasteiger partial charge in [-0.25, -0.2) is 0 Å². The summed E-state index contributed by atoms with van der Waals surface area (Å²) < 4.78 is 0.823. The van der Waals surface area contributed by atoms with Crippen molar-refractivity contribution in [2.24, 2.45) is 0 Å². The Labute approximate surface area is 144 Å². The number of benzene rings is 1. The summed E-state index contributed by atoms with van der Waals surface area (Å²) in [6.45, 7) is 5.98. The van der Waals surface area contributed by atoms with E-state index in [2.05, 4.69) is 41.5 Å². The molecule has 3 rings (SSSR count). The molecule has 0 aliphatic carbocycles. The maximum atomic E-state index is 12.0. The first-order chi connectivity index (χ1) is 11.1. The van der Waals surface area contributed by atoms with Crippen molar-refractivity contribution in [3.05, 3.63) is 29.3 Å². The van der Waals surface area contributed by atoms with E-state index in [0.29, 0.717) is 5.75 Å². The van der Waals surface area contributed by atoms with E-state index in [0.717, 1.165) is 41.1 Å². The summed E-state index contributed by atoms with van der Waals surface area (Å²) in [5, 5.41) is 12.3. The topological polar surface area (TPSA) is 58.1 Å². The molecule has 0 radical (unpaired) electrons. The Morgan fingerprint density at radius 1 is 1.26 bits per heavy atom. The monoisotopic (exact) mass is 348 g/mol. The minimum atomic E-state index is 0.200. The minimum Gasteiger partial charge on any atom is -0.342 e. The van der Waals surface area contributed by atoms with Crippen LogP contribution in [0.4, 0.5) is 10.8 Å². The molecule has 1 saturated heterocycles. The lowest BCUT2D eigenvalue weighted by molar-refractivity contribution is -0.127. The van der Waals surface area contributed by atoms with Crippen molar-refractivity contribution in [2.75, 3.05) is 24.2 Å². The van der Waals surface area contributed by atoms with Gasteiger partial charge in [0, 0.05) is 18.8 Å². The number of hydrogen-bond donors (Lipinski definition) is 1. The third-order valence-corrected chi connectivity index (χ3v) is 5.90. The Hall–Kier alpha value is -1.60. The molecule has 122 valence electrons. The summed E-state index contributed by atoms with van der Waals surface area (Å²) in [5.41, 5.74) is 3.52. The molecule has 2 aromatic rings. The van der Waals surface area contributed by atoms with Crippen molar-refractivity contribution >= 4 is 39.8 Å². The number of thioether (sulfide) groups is 1. The highest BCUT2D eigenvalue weighted by Crippen LogP contribution is 2.28. The molecule has 23 heavy (non-hydrogen) atoms. The number of rotatable bonds is 5. The van der Waals surface area contributed by atoms with Crippen LogP contribution in [0.25, 0.3) is 0 Å². The summed E-state index contributed by atoms with van der Waals surface area (Å²) in [6, 6.07) is 6.22. The normalized spacial score (nSPS) is 14.3. The summed E-state index contributed by atoms with van der Waals surface area (Å²) in [7, 11) is 0. The fraction of sp³-hybridized carbons (Fsp3) is 0.438. The van der Waals surface area contributed by atoms with Gasteiger partial charge in [0.2, 0.25) is 11.0 Å². The molecule has 0 spiro atoms. The molecule has 1 amide bonds. The van der Waals surface area contributed by atoms with Crippen LogP contribution in [0, 0.1) is 13.8 Å². The van der Waals surface area contributed by atoms with Gasteiger partial charge in [0.15, 0.2) is 4.34 Å². The van der Waals surface area contributed by atoms with Crippen LogP contribution < -0.4 is 5.32 Å². The lowest BCUT2D eigenvalue weighted by Crippen LogP contribution is -2.29. The lowest BCUT2D eigenvalue weighted by atomic mass is 10.1. The number of likely N-dealkylation sites (tertiary alicyclic amines) is 1. The Kier molecular flexibility index (Phi) is 5.17. The molecule has 5 nitrogen and oxygen atoms in total. The van der Waals surface area contributed by atoms with E-state index >= 15 is 0 Å². The molecule has 0 saturated carbocycles. The van der Waals surface area contributed by atoms with Crippen LogP contribution in [0.5, 0.6) is 0 Å². The van der Waals surface area contributed by atoms with Crippen LogP contribution in [0.1, 0.15) is 24.0 Å². The molecule has 1 aliphatic rings. The molecule has 2 heterocycles. The number of carbonyl (C=O) groups is 1. The number of aromatic nitrogens is 2.